The molecule has 0 aliphatic heterocycles. The van der Waals surface area contributed by atoms with Crippen LogP contribution >= 0.6 is 0 Å². The molecule has 0 saturated heterocycles. The van der Waals surface area contributed by atoms with E-state index in [0.29, 0.717) is 6.54 Å². The fourth-order valence-corrected chi connectivity index (χ4v) is 2.74. The topological polar surface area (TPSA) is 52.0 Å². The predicted molar refractivity (Wildman–Crippen MR) is 41.4 cm³/mol. The Morgan fingerprint density at radius 3 is 2.50 bits per heavy atom. The number of rotatable bonds is 1. The molecular formula is C8H16N2. The second-order valence-electron chi connectivity index (χ2n) is 4.02. The van der Waals surface area contributed by atoms with E-state index in [-0.39, 0.29) is 5.54 Å². The summed E-state index contributed by atoms with van der Waals surface area (Å²) in [5, 5.41) is 0. The van der Waals surface area contributed by atoms with Gasteiger partial charge in [-0.3, -0.25) is 0 Å². The van der Waals surface area contributed by atoms with E-state index in [9.17, 15) is 0 Å². The van der Waals surface area contributed by atoms with Crippen molar-refractivity contribution in [3.8, 4) is 0 Å². The van der Waals surface area contributed by atoms with Crippen molar-refractivity contribution in [3.05, 3.63) is 0 Å². The molecule has 0 amide bonds. The molecular weight excluding hydrogens is 124 g/mol. The average molecular weight is 140 g/mol. The molecule has 2 aliphatic rings. The zero-order valence-corrected chi connectivity index (χ0v) is 6.34. The Kier molecular flexibility index (Phi) is 1.29. The number of fused-ring (bicyclic) bond motifs is 2. The summed E-state index contributed by atoms with van der Waals surface area (Å²) in [5.74, 6) is 1.67. The Morgan fingerprint density at radius 1 is 1.40 bits per heavy atom. The van der Waals surface area contributed by atoms with Gasteiger partial charge in [0.1, 0.15) is 0 Å². The van der Waals surface area contributed by atoms with E-state index in [0.717, 1.165) is 11.8 Å². The predicted octanol–water partition coefficient (Wildman–Crippen LogP) is 0.463. The maximum atomic E-state index is 6.12. The van der Waals surface area contributed by atoms with Crippen molar-refractivity contribution in [2.45, 2.75) is 31.2 Å². The molecule has 0 aromatic heterocycles. The van der Waals surface area contributed by atoms with Gasteiger partial charge in [0.15, 0.2) is 0 Å². The molecule has 2 bridgehead atoms. The molecule has 2 aliphatic carbocycles. The van der Waals surface area contributed by atoms with Gasteiger partial charge < -0.3 is 11.5 Å². The lowest BCUT2D eigenvalue weighted by Gasteiger charge is -2.32. The third kappa shape index (κ3) is 0.722. The lowest BCUT2D eigenvalue weighted by atomic mass is 9.82. The second-order valence-corrected chi connectivity index (χ2v) is 4.02. The fraction of sp³-hybridized carbons (Fsp3) is 1.00. The first kappa shape index (κ1) is 6.62. The Labute approximate surface area is 62.0 Å². The van der Waals surface area contributed by atoms with Crippen LogP contribution in [0.5, 0.6) is 0 Å². The minimum absolute atomic E-state index is 0.0307. The number of nitrogens with two attached hydrogens (primary N) is 2. The Hall–Kier alpha value is -0.0800. The molecule has 2 heteroatoms. The van der Waals surface area contributed by atoms with Gasteiger partial charge in [-0.1, -0.05) is 6.42 Å². The minimum atomic E-state index is 0.0307. The van der Waals surface area contributed by atoms with Gasteiger partial charge in [0.2, 0.25) is 0 Å². The van der Waals surface area contributed by atoms with Crippen molar-refractivity contribution in [1.29, 1.82) is 0 Å². The maximum Gasteiger partial charge on any atom is 0.0309 e. The molecule has 2 nitrogen and oxygen atoms in total. The summed E-state index contributed by atoms with van der Waals surface area (Å²) in [6.45, 7) is 0.689. The Balaban J connectivity index is 2.14. The molecule has 0 spiro atoms. The largest absolute Gasteiger partial charge is 0.329 e. The zero-order chi connectivity index (χ0) is 7.19. The summed E-state index contributed by atoms with van der Waals surface area (Å²) in [6, 6.07) is 0. The molecule has 0 heterocycles. The summed E-state index contributed by atoms with van der Waals surface area (Å²) < 4.78 is 0. The van der Waals surface area contributed by atoms with Crippen molar-refractivity contribution in [1.82, 2.24) is 0 Å². The highest BCUT2D eigenvalue weighted by Crippen LogP contribution is 2.48. The van der Waals surface area contributed by atoms with Crippen molar-refractivity contribution in [2.24, 2.45) is 23.3 Å². The van der Waals surface area contributed by atoms with Crippen LogP contribution in [-0.2, 0) is 0 Å². The van der Waals surface area contributed by atoms with E-state index in [1.807, 2.05) is 0 Å². The minimum Gasteiger partial charge on any atom is -0.329 e. The molecule has 3 atom stereocenters. The van der Waals surface area contributed by atoms with Crippen molar-refractivity contribution in [2.75, 3.05) is 6.54 Å². The molecule has 2 rings (SSSR count). The van der Waals surface area contributed by atoms with Gasteiger partial charge in [-0.05, 0) is 31.1 Å². The fourth-order valence-electron chi connectivity index (χ4n) is 2.74. The van der Waals surface area contributed by atoms with E-state index in [1.165, 1.54) is 25.7 Å². The summed E-state index contributed by atoms with van der Waals surface area (Å²) in [6.07, 6.45) is 5.28. The van der Waals surface area contributed by atoms with Crippen molar-refractivity contribution in [3.63, 3.8) is 0 Å². The molecule has 0 aromatic carbocycles. The van der Waals surface area contributed by atoms with Crippen LogP contribution in [0.2, 0.25) is 0 Å². The van der Waals surface area contributed by atoms with Gasteiger partial charge >= 0.3 is 0 Å². The van der Waals surface area contributed by atoms with Crippen molar-refractivity contribution < 1.29 is 0 Å². The summed E-state index contributed by atoms with van der Waals surface area (Å²) in [7, 11) is 0. The van der Waals surface area contributed by atoms with Crippen molar-refractivity contribution >= 4 is 0 Å². The summed E-state index contributed by atoms with van der Waals surface area (Å²) in [5.41, 5.74) is 11.8. The van der Waals surface area contributed by atoms with Crippen LogP contribution in [0.25, 0.3) is 0 Å². The number of hydrogen-bond acceptors (Lipinski definition) is 2. The van der Waals surface area contributed by atoms with Crippen LogP contribution in [-0.4, -0.2) is 12.1 Å². The summed E-state index contributed by atoms with van der Waals surface area (Å²) >= 11 is 0. The molecule has 2 fully saturated rings. The van der Waals surface area contributed by atoms with E-state index in [1.54, 1.807) is 0 Å². The van der Waals surface area contributed by atoms with E-state index < -0.39 is 0 Å². The van der Waals surface area contributed by atoms with Gasteiger partial charge in [0, 0.05) is 12.1 Å². The first-order valence-corrected chi connectivity index (χ1v) is 4.23. The van der Waals surface area contributed by atoms with Gasteiger partial charge in [-0.15, -0.1) is 0 Å². The first-order valence-electron chi connectivity index (χ1n) is 4.23. The molecule has 0 radical (unpaired) electrons. The first-order chi connectivity index (χ1) is 4.74. The van der Waals surface area contributed by atoms with E-state index >= 15 is 0 Å². The van der Waals surface area contributed by atoms with Gasteiger partial charge in [-0.2, -0.15) is 0 Å². The summed E-state index contributed by atoms with van der Waals surface area (Å²) in [4.78, 5) is 0. The van der Waals surface area contributed by atoms with Gasteiger partial charge in [0.25, 0.3) is 0 Å². The number of hydrogen-bond donors (Lipinski definition) is 2. The average Bonchev–Trinajstić information content (AvgIpc) is 2.46. The third-order valence-electron chi connectivity index (χ3n) is 3.40. The highest BCUT2D eigenvalue weighted by atomic mass is 14.9. The van der Waals surface area contributed by atoms with Crippen LogP contribution < -0.4 is 11.5 Å². The lowest BCUT2D eigenvalue weighted by molar-refractivity contribution is 0.279. The monoisotopic (exact) mass is 140 g/mol. The molecule has 3 unspecified atom stereocenters. The Morgan fingerprint density at radius 2 is 2.20 bits per heavy atom. The highest BCUT2D eigenvalue weighted by molar-refractivity contribution is 5.04. The van der Waals surface area contributed by atoms with Crippen LogP contribution in [0.4, 0.5) is 0 Å². The quantitative estimate of drug-likeness (QED) is 0.556. The van der Waals surface area contributed by atoms with E-state index in [2.05, 4.69) is 0 Å². The van der Waals surface area contributed by atoms with E-state index in [4.69, 9.17) is 11.5 Å². The Bertz CT molecular complexity index is 146. The molecule has 0 aromatic rings. The van der Waals surface area contributed by atoms with Crippen LogP contribution in [0.1, 0.15) is 25.7 Å². The third-order valence-corrected chi connectivity index (χ3v) is 3.40. The lowest BCUT2D eigenvalue weighted by Crippen LogP contribution is -2.51. The normalized spacial score (nSPS) is 52.2. The SMILES string of the molecule is NCC1(N)CC2CCC1C2. The zero-order valence-electron chi connectivity index (χ0n) is 6.34. The molecule has 10 heavy (non-hydrogen) atoms. The van der Waals surface area contributed by atoms with Gasteiger partial charge in [0.05, 0.1) is 0 Å². The molecule has 58 valence electrons. The highest BCUT2D eigenvalue weighted by Gasteiger charge is 2.47. The smallest absolute Gasteiger partial charge is 0.0309 e. The standard InChI is InChI=1S/C8H16N2/c9-5-8(10)4-6-1-2-7(8)3-6/h6-7H,1-5,9-10H2. The van der Waals surface area contributed by atoms with Crippen LogP contribution in [0.3, 0.4) is 0 Å². The molecule has 2 saturated carbocycles. The second kappa shape index (κ2) is 1.95. The molecule has 4 N–H and O–H groups in total. The van der Waals surface area contributed by atoms with Gasteiger partial charge in [-0.25, -0.2) is 0 Å². The maximum absolute atomic E-state index is 6.12. The van der Waals surface area contributed by atoms with Crippen LogP contribution in [0.15, 0.2) is 0 Å². The van der Waals surface area contributed by atoms with Crippen LogP contribution in [0, 0.1) is 11.8 Å².